The summed E-state index contributed by atoms with van der Waals surface area (Å²) in [6, 6.07) is 1.75. The van der Waals surface area contributed by atoms with Gasteiger partial charge in [0.1, 0.15) is 0 Å². The van der Waals surface area contributed by atoms with E-state index in [-0.39, 0.29) is 25.9 Å². The van der Waals surface area contributed by atoms with Crippen molar-refractivity contribution >= 4 is 20.7 Å². The molecule has 0 unspecified atom stereocenters. The zero-order chi connectivity index (χ0) is 21.9. The minimum atomic E-state index is -7.36. The molecular formula is C11H14F9NO4S2. The van der Waals surface area contributed by atoms with Crippen LogP contribution in [0.25, 0.3) is 0 Å². The summed E-state index contributed by atoms with van der Waals surface area (Å²) in [5, 5.41) is 1.36. The van der Waals surface area contributed by atoms with Gasteiger partial charge in [0.05, 0.1) is 12.7 Å². The number of nitrogens with zero attached hydrogens (tertiary/aromatic N) is 1. The van der Waals surface area contributed by atoms with E-state index in [2.05, 4.69) is 3.63 Å². The van der Waals surface area contributed by atoms with Gasteiger partial charge < -0.3 is 0 Å². The highest BCUT2D eigenvalue weighted by Gasteiger charge is 2.86. The monoisotopic (exact) mass is 459 g/mol. The summed E-state index contributed by atoms with van der Waals surface area (Å²) in [6.07, 6.45) is -5.32. The molecule has 0 aliphatic carbocycles. The molecule has 162 valence electrons. The molecular weight excluding hydrogens is 445 g/mol. The van der Waals surface area contributed by atoms with Gasteiger partial charge in [0.15, 0.2) is 0 Å². The predicted octanol–water partition coefficient (Wildman–Crippen LogP) is 4.36. The largest absolute Gasteiger partial charge is 0.460 e. The van der Waals surface area contributed by atoms with Crippen LogP contribution in [0.1, 0.15) is 19.3 Å². The van der Waals surface area contributed by atoms with Crippen molar-refractivity contribution in [1.82, 2.24) is 0 Å². The predicted molar refractivity (Wildman–Crippen MR) is 75.8 cm³/mol. The molecule has 16 heteroatoms. The van der Waals surface area contributed by atoms with E-state index in [0.29, 0.717) is 12.5 Å². The van der Waals surface area contributed by atoms with Gasteiger partial charge >= 0.3 is 33.4 Å². The number of halogens is 9. The third-order valence-electron chi connectivity index (χ3n) is 2.73. The molecule has 0 aromatic carbocycles. The molecule has 5 nitrogen and oxygen atoms in total. The zero-order valence-electron chi connectivity index (χ0n) is 13.6. The molecule has 0 atom stereocenters. The molecule has 0 radical (unpaired) electrons. The molecule has 0 fully saturated rings. The molecule has 0 saturated carbocycles. The molecule has 0 aliphatic rings. The molecule has 0 aromatic heterocycles. The SMILES string of the molecule is CS(C)(OCCCCC#N)OS(=O)(=O)C(F)(F)C(F)(F)C(F)(F)C(F)(F)F. The van der Waals surface area contributed by atoms with Gasteiger partial charge in [0.2, 0.25) is 0 Å². The second-order valence-corrected chi connectivity index (χ2v) is 9.75. The minimum absolute atomic E-state index is 0.0646. The van der Waals surface area contributed by atoms with E-state index in [0.717, 1.165) is 0 Å². The smallest absolute Gasteiger partial charge is 0.284 e. The first-order chi connectivity index (χ1) is 11.8. The van der Waals surface area contributed by atoms with Crippen LogP contribution in [-0.4, -0.2) is 50.8 Å². The maximum atomic E-state index is 13.5. The van der Waals surface area contributed by atoms with Crippen LogP contribution in [0.4, 0.5) is 39.5 Å². The number of hydrogen-bond donors (Lipinski definition) is 0. The molecule has 0 bridgehead atoms. The Hall–Kier alpha value is -0.920. The second-order valence-electron chi connectivity index (χ2n) is 5.27. The Bertz CT molecular complexity index is 656. The highest BCUT2D eigenvalue weighted by Crippen LogP contribution is 2.57. The Morgan fingerprint density at radius 2 is 1.37 bits per heavy atom. The Kier molecular flexibility index (Phi) is 7.93. The Balaban J connectivity index is 5.52. The topological polar surface area (TPSA) is 76.4 Å². The summed E-state index contributed by atoms with van der Waals surface area (Å²) in [7, 11) is -10.5. The lowest BCUT2D eigenvalue weighted by Crippen LogP contribution is -2.63. The molecule has 0 saturated heterocycles. The van der Waals surface area contributed by atoms with Gasteiger partial charge in [-0.25, -0.2) is 0 Å². The van der Waals surface area contributed by atoms with Gasteiger partial charge in [-0.2, -0.15) is 67.4 Å². The van der Waals surface area contributed by atoms with Crippen LogP contribution in [0.15, 0.2) is 0 Å². The number of hydrogen-bond acceptors (Lipinski definition) is 5. The van der Waals surface area contributed by atoms with Crippen molar-refractivity contribution in [3.05, 3.63) is 0 Å². The van der Waals surface area contributed by atoms with Gasteiger partial charge in [-0.05, 0) is 12.8 Å². The van der Waals surface area contributed by atoms with Crippen molar-refractivity contribution in [1.29, 1.82) is 5.26 Å². The average Bonchev–Trinajstić information content (AvgIpc) is 2.43. The first-order valence-corrected chi connectivity index (χ1v) is 10.4. The Morgan fingerprint density at radius 3 is 1.78 bits per heavy atom. The van der Waals surface area contributed by atoms with Gasteiger partial charge in [-0.3, -0.25) is 4.18 Å². The summed E-state index contributed by atoms with van der Waals surface area (Å²) in [4.78, 5) is 0. The highest BCUT2D eigenvalue weighted by molar-refractivity contribution is 8.28. The molecule has 0 N–H and O–H groups in total. The quantitative estimate of drug-likeness (QED) is 0.358. The van der Waals surface area contributed by atoms with Crippen molar-refractivity contribution in [2.24, 2.45) is 0 Å². The molecule has 0 aliphatic heterocycles. The van der Waals surface area contributed by atoms with Crippen LogP contribution in [0.3, 0.4) is 0 Å². The van der Waals surface area contributed by atoms with Gasteiger partial charge in [-0.15, -0.1) is 0 Å². The van der Waals surface area contributed by atoms with Crippen molar-refractivity contribution in [3.63, 3.8) is 0 Å². The van der Waals surface area contributed by atoms with Crippen LogP contribution in [0.2, 0.25) is 0 Å². The minimum Gasteiger partial charge on any atom is -0.284 e. The van der Waals surface area contributed by atoms with Crippen molar-refractivity contribution in [2.75, 3.05) is 19.1 Å². The Morgan fingerprint density at radius 1 is 0.889 bits per heavy atom. The lowest BCUT2D eigenvalue weighted by molar-refractivity contribution is -0.382. The van der Waals surface area contributed by atoms with Crippen LogP contribution >= 0.6 is 10.6 Å². The summed E-state index contributed by atoms with van der Waals surface area (Å²) in [5.41, 5.74) is 0. The molecule has 27 heavy (non-hydrogen) atoms. The van der Waals surface area contributed by atoms with E-state index in [1.807, 2.05) is 0 Å². The summed E-state index contributed by atoms with van der Waals surface area (Å²) >= 11 is 0. The standard InChI is InChI=1S/C11H14F9NO4S2/c1-26(2,24-7-5-3-4-6-21)25-27(22,23)11(19,20)9(14,15)8(12,13)10(16,17)18/h3-5,7H2,1-2H3. The van der Waals surface area contributed by atoms with Crippen LogP contribution < -0.4 is 0 Å². The van der Waals surface area contributed by atoms with E-state index in [1.54, 1.807) is 6.07 Å². The van der Waals surface area contributed by atoms with E-state index in [9.17, 15) is 47.9 Å². The fourth-order valence-corrected chi connectivity index (χ4v) is 4.55. The number of unbranched alkanes of at least 4 members (excludes halogenated alkanes) is 2. The second kappa shape index (κ2) is 8.21. The summed E-state index contributed by atoms with van der Waals surface area (Å²) in [5.74, 6) is -14.7. The van der Waals surface area contributed by atoms with E-state index in [4.69, 9.17) is 9.44 Å². The highest BCUT2D eigenvalue weighted by atomic mass is 32.3. The summed E-state index contributed by atoms with van der Waals surface area (Å²) < 4.78 is 146. The maximum absolute atomic E-state index is 13.5. The molecule has 0 amide bonds. The molecule has 0 aromatic rings. The maximum Gasteiger partial charge on any atom is 0.460 e. The van der Waals surface area contributed by atoms with Crippen molar-refractivity contribution < 1.29 is 55.7 Å². The number of nitriles is 1. The van der Waals surface area contributed by atoms with E-state index < -0.39 is 44.0 Å². The third kappa shape index (κ3) is 5.55. The first kappa shape index (κ1) is 26.1. The lowest BCUT2D eigenvalue weighted by atomic mass is 10.1. The van der Waals surface area contributed by atoms with Gasteiger partial charge in [0, 0.05) is 18.9 Å². The third-order valence-corrected chi connectivity index (χ3v) is 6.38. The molecule has 0 heterocycles. The zero-order valence-corrected chi connectivity index (χ0v) is 15.3. The normalized spacial score (nSPS) is 15.5. The average molecular weight is 459 g/mol. The first-order valence-electron chi connectivity index (χ1n) is 6.67. The fraction of sp³-hybridized carbons (Fsp3) is 0.909. The van der Waals surface area contributed by atoms with Crippen molar-refractivity contribution in [3.8, 4) is 6.07 Å². The summed E-state index contributed by atoms with van der Waals surface area (Å²) in [6.45, 7) is -0.375. The number of alkyl halides is 9. The molecule has 0 spiro atoms. The number of rotatable bonds is 10. The Labute approximate surface area is 150 Å². The lowest BCUT2D eigenvalue weighted by Gasteiger charge is -2.37. The van der Waals surface area contributed by atoms with Gasteiger partial charge in [-0.1, -0.05) is 0 Å². The van der Waals surface area contributed by atoms with Crippen LogP contribution in [0.5, 0.6) is 0 Å². The van der Waals surface area contributed by atoms with Crippen LogP contribution in [-0.2, 0) is 17.9 Å². The van der Waals surface area contributed by atoms with Crippen LogP contribution in [0, 0.1) is 11.3 Å². The van der Waals surface area contributed by atoms with Gasteiger partial charge in [0.25, 0.3) is 0 Å². The fourth-order valence-electron chi connectivity index (χ4n) is 1.36. The van der Waals surface area contributed by atoms with E-state index >= 15 is 0 Å². The van der Waals surface area contributed by atoms with Crippen molar-refractivity contribution in [2.45, 2.75) is 42.5 Å². The molecule has 0 rings (SSSR count). The van der Waals surface area contributed by atoms with E-state index in [1.165, 1.54) is 0 Å².